The maximum atomic E-state index is 13.1. The number of hydrogen-bond acceptors (Lipinski definition) is 6. The van der Waals surface area contributed by atoms with Crippen LogP contribution in [-0.4, -0.2) is 50.7 Å². The molecule has 9 heteroatoms. The van der Waals surface area contributed by atoms with Crippen molar-refractivity contribution < 1.29 is 9.59 Å². The van der Waals surface area contributed by atoms with Gasteiger partial charge in [-0.1, -0.05) is 13.0 Å². The highest BCUT2D eigenvalue weighted by atomic mass is 79.9. The molecule has 1 unspecified atom stereocenters. The van der Waals surface area contributed by atoms with E-state index in [1.807, 2.05) is 42.2 Å². The van der Waals surface area contributed by atoms with Crippen LogP contribution in [0.25, 0.3) is 17.0 Å². The summed E-state index contributed by atoms with van der Waals surface area (Å²) in [7, 11) is 0. The first-order valence-electron chi connectivity index (χ1n) is 9.98. The van der Waals surface area contributed by atoms with Gasteiger partial charge in [-0.05, 0) is 58.3 Å². The number of carbonyl (C=O) groups is 2. The molecule has 1 aromatic carbocycles. The number of fused-ring (bicyclic) bond motifs is 1. The molecular weight excluding hydrogens is 478 g/mol. The summed E-state index contributed by atoms with van der Waals surface area (Å²) in [5.41, 5.74) is 7.62. The molecular formula is C22H22BrN5O2S. The van der Waals surface area contributed by atoms with E-state index >= 15 is 0 Å². The number of rotatable bonds is 5. The van der Waals surface area contributed by atoms with Crippen LogP contribution in [0.5, 0.6) is 0 Å². The van der Waals surface area contributed by atoms with Crippen LogP contribution in [0.3, 0.4) is 0 Å². The minimum Gasteiger partial charge on any atom is -0.383 e. The summed E-state index contributed by atoms with van der Waals surface area (Å²) in [4.78, 5) is 38.6. The third-order valence-electron chi connectivity index (χ3n) is 5.34. The first-order chi connectivity index (χ1) is 15.0. The summed E-state index contributed by atoms with van der Waals surface area (Å²) in [6.07, 6.45) is 5.36. The number of nitrogens with two attached hydrogens (primary N) is 1. The number of carbonyl (C=O) groups excluding carboxylic acids is 2. The van der Waals surface area contributed by atoms with Crippen molar-refractivity contribution in [2.75, 3.05) is 18.8 Å². The first kappa shape index (κ1) is 21.5. The molecule has 3 heterocycles. The zero-order chi connectivity index (χ0) is 22.0. The molecule has 3 aromatic rings. The van der Waals surface area contributed by atoms with E-state index in [9.17, 15) is 9.59 Å². The largest absolute Gasteiger partial charge is 0.383 e. The van der Waals surface area contributed by atoms with Crippen molar-refractivity contribution in [2.45, 2.75) is 25.9 Å². The van der Waals surface area contributed by atoms with Crippen LogP contribution in [0.1, 0.15) is 23.8 Å². The van der Waals surface area contributed by atoms with E-state index < -0.39 is 6.04 Å². The normalized spacial score (nSPS) is 17.1. The fourth-order valence-corrected chi connectivity index (χ4v) is 5.09. The third-order valence-corrected chi connectivity index (χ3v) is 6.93. The van der Waals surface area contributed by atoms with Crippen molar-refractivity contribution in [2.24, 2.45) is 0 Å². The lowest BCUT2D eigenvalue weighted by molar-refractivity contribution is -0.149. The Morgan fingerprint density at radius 3 is 2.87 bits per heavy atom. The van der Waals surface area contributed by atoms with Crippen molar-refractivity contribution >= 4 is 61.9 Å². The maximum absolute atomic E-state index is 13.1. The van der Waals surface area contributed by atoms with Crippen molar-refractivity contribution in [1.29, 1.82) is 0 Å². The molecule has 0 saturated carbocycles. The highest BCUT2D eigenvalue weighted by Gasteiger charge is 2.35. The van der Waals surface area contributed by atoms with Gasteiger partial charge in [0.1, 0.15) is 18.2 Å². The average Bonchev–Trinajstić information content (AvgIpc) is 3.18. The standard InChI is InChI=1S/C22H22BrN5O2S/c1-2-18-22(30)27(12-14-3-6-16-17(11-14)25-13-26-21(16)24)9-10-28(18)20(29)8-5-15-4-7-19(23)31-15/h3-8,11,13,18H,2,9-10,12H2,1H3,(H2,24,25,26)/b8-5+. The predicted octanol–water partition coefficient (Wildman–Crippen LogP) is 3.70. The zero-order valence-corrected chi connectivity index (χ0v) is 19.4. The highest BCUT2D eigenvalue weighted by Crippen LogP contribution is 2.24. The maximum Gasteiger partial charge on any atom is 0.247 e. The van der Waals surface area contributed by atoms with Crippen LogP contribution < -0.4 is 5.73 Å². The van der Waals surface area contributed by atoms with Gasteiger partial charge in [-0.15, -0.1) is 11.3 Å². The Bertz CT molecular complexity index is 1160. The number of aromatic nitrogens is 2. The molecule has 0 bridgehead atoms. The fraction of sp³-hybridized carbons (Fsp3) is 0.273. The van der Waals surface area contributed by atoms with Gasteiger partial charge in [-0.2, -0.15) is 0 Å². The van der Waals surface area contributed by atoms with E-state index in [0.717, 1.165) is 25.1 Å². The predicted molar refractivity (Wildman–Crippen MR) is 126 cm³/mol. The monoisotopic (exact) mass is 499 g/mol. The second-order valence-corrected chi connectivity index (χ2v) is 9.80. The van der Waals surface area contributed by atoms with Gasteiger partial charge >= 0.3 is 0 Å². The topological polar surface area (TPSA) is 92.4 Å². The highest BCUT2D eigenvalue weighted by molar-refractivity contribution is 9.11. The fourth-order valence-electron chi connectivity index (χ4n) is 3.76. The van der Waals surface area contributed by atoms with E-state index in [-0.39, 0.29) is 11.8 Å². The van der Waals surface area contributed by atoms with Crippen LogP contribution in [0.15, 0.2) is 46.5 Å². The van der Waals surface area contributed by atoms with Gasteiger partial charge in [-0.3, -0.25) is 9.59 Å². The summed E-state index contributed by atoms with van der Waals surface area (Å²) in [5, 5.41) is 0.795. The molecule has 2 aromatic heterocycles. The van der Waals surface area contributed by atoms with Gasteiger partial charge < -0.3 is 15.5 Å². The summed E-state index contributed by atoms with van der Waals surface area (Å²) in [6, 6.07) is 9.19. The third kappa shape index (κ3) is 4.62. The number of halogens is 1. The summed E-state index contributed by atoms with van der Waals surface area (Å²) in [5.74, 6) is 0.271. The number of amides is 2. The molecule has 2 amide bonds. The smallest absolute Gasteiger partial charge is 0.247 e. The molecule has 1 aliphatic rings. The molecule has 160 valence electrons. The summed E-state index contributed by atoms with van der Waals surface area (Å²) in [6.45, 7) is 3.39. The average molecular weight is 500 g/mol. The van der Waals surface area contributed by atoms with Crippen molar-refractivity contribution in [3.05, 3.63) is 57.0 Å². The van der Waals surface area contributed by atoms with Crippen molar-refractivity contribution in [3.8, 4) is 0 Å². The quantitative estimate of drug-likeness (QED) is 0.540. The van der Waals surface area contributed by atoms with Gasteiger partial charge in [0.2, 0.25) is 11.8 Å². The van der Waals surface area contributed by atoms with Crippen LogP contribution in [-0.2, 0) is 16.1 Å². The van der Waals surface area contributed by atoms with Gasteiger partial charge in [0.15, 0.2) is 0 Å². The van der Waals surface area contributed by atoms with Gasteiger partial charge in [0.25, 0.3) is 0 Å². The molecule has 1 atom stereocenters. The molecule has 4 rings (SSSR count). The Morgan fingerprint density at radius 1 is 1.29 bits per heavy atom. The SMILES string of the molecule is CCC1C(=O)N(Cc2ccc3c(N)ncnc3c2)CCN1C(=O)/C=C/c1ccc(Br)s1. The van der Waals surface area contributed by atoms with Gasteiger partial charge in [0, 0.05) is 36.0 Å². The van der Waals surface area contributed by atoms with Crippen LogP contribution in [0.2, 0.25) is 0 Å². The van der Waals surface area contributed by atoms with Gasteiger partial charge in [-0.25, -0.2) is 9.97 Å². The molecule has 1 aliphatic heterocycles. The summed E-state index contributed by atoms with van der Waals surface area (Å²) < 4.78 is 1.01. The summed E-state index contributed by atoms with van der Waals surface area (Å²) >= 11 is 4.97. The van der Waals surface area contributed by atoms with Crippen LogP contribution in [0, 0.1) is 0 Å². The Balaban J connectivity index is 1.46. The van der Waals surface area contributed by atoms with Crippen molar-refractivity contribution in [3.63, 3.8) is 0 Å². The lowest BCUT2D eigenvalue weighted by atomic mass is 10.1. The molecule has 1 fully saturated rings. The molecule has 7 nitrogen and oxygen atoms in total. The number of thiophene rings is 1. The minimum atomic E-state index is -0.459. The van der Waals surface area contributed by atoms with E-state index in [1.165, 1.54) is 6.33 Å². The number of benzene rings is 1. The lowest BCUT2D eigenvalue weighted by Gasteiger charge is -2.40. The molecule has 31 heavy (non-hydrogen) atoms. The Morgan fingerprint density at radius 2 is 2.13 bits per heavy atom. The number of hydrogen-bond donors (Lipinski definition) is 1. The Labute approximate surface area is 192 Å². The number of anilines is 1. The second kappa shape index (κ2) is 9.15. The van der Waals surface area contributed by atoms with E-state index in [0.29, 0.717) is 31.9 Å². The number of piperazine rings is 1. The van der Waals surface area contributed by atoms with Crippen LogP contribution >= 0.6 is 27.3 Å². The molecule has 0 radical (unpaired) electrons. The minimum absolute atomic E-state index is 0.0309. The molecule has 2 N–H and O–H groups in total. The second-order valence-electron chi connectivity index (χ2n) is 7.30. The first-order valence-corrected chi connectivity index (χ1v) is 11.6. The van der Waals surface area contributed by atoms with Crippen molar-refractivity contribution in [1.82, 2.24) is 19.8 Å². The Kier molecular flexibility index (Phi) is 6.33. The molecule has 0 spiro atoms. The molecule has 0 aliphatic carbocycles. The number of nitrogens with zero attached hydrogens (tertiary/aromatic N) is 4. The zero-order valence-electron chi connectivity index (χ0n) is 17.0. The van der Waals surface area contributed by atoms with E-state index in [2.05, 4.69) is 25.9 Å². The van der Waals surface area contributed by atoms with Crippen LogP contribution in [0.4, 0.5) is 5.82 Å². The lowest BCUT2D eigenvalue weighted by Crippen LogP contribution is -2.57. The molecule has 1 saturated heterocycles. The van der Waals surface area contributed by atoms with E-state index in [1.54, 1.807) is 28.4 Å². The van der Waals surface area contributed by atoms with Gasteiger partial charge in [0.05, 0.1) is 9.30 Å². The van der Waals surface area contributed by atoms with E-state index in [4.69, 9.17) is 5.73 Å². The Hall–Kier alpha value is -2.78. The number of nitrogen functional groups attached to an aromatic ring is 1.